The van der Waals surface area contributed by atoms with Gasteiger partial charge in [0.2, 0.25) is 0 Å². The maximum absolute atomic E-state index is 12.9. The second kappa shape index (κ2) is 7.35. The van der Waals surface area contributed by atoms with Gasteiger partial charge in [0, 0.05) is 19.5 Å². The SMILES string of the molecule is Cc1nc(Cc2ccccc2)sc1C(=O)N1CCC(C(=O)O)C(C)C1. The van der Waals surface area contributed by atoms with E-state index in [-0.39, 0.29) is 17.7 Å². The Morgan fingerprint density at radius 1 is 1.32 bits per heavy atom. The highest BCUT2D eigenvalue weighted by molar-refractivity contribution is 7.13. The van der Waals surface area contributed by atoms with Crippen LogP contribution in [-0.4, -0.2) is 40.0 Å². The molecule has 5 nitrogen and oxygen atoms in total. The Balaban J connectivity index is 1.72. The first-order valence-corrected chi connectivity index (χ1v) is 9.29. The predicted octanol–water partition coefficient (Wildman–Crippen LogP) is 3.23. The van der Waals surface area contributed by atoms with Crippen LogP contribution in [0.15, 0.2) is 30.3 Å². The minimum Gasteiger partial charge on any atom is -0.481 e. The van der Waals surface area contributed by atoms with Gasteiger partial charge in [0.15, 0.2) is 0 Å². The summed E-state index contributed by atoms with van der Waals surface area (Å²) in [6.45, 7) is 4.75. The van der Waals surface area contributed by atoms with E-state index in [2.05, 4.69) is 17.1 Å². The monoisotopic (exact) mass is 358 g/mol. The average molecular weight is 358 g/mol. The number of rotatable bonds is 4. The fraction of sp³-hybridized carbons (Fsp3) is 0.421. The molecule has 3 rings (SSSR count). The second-order valence-corrected chi connectivity index (χ2v) is 7.73. The minimum atomic E-state index is -0.765. The first-order valence-electron chi connectivity index (χ1n) is 8.48. The van der Waals surface area contributed by atoms with Crippen molar-refractivity contribution in [3.63, 3.8) is 0 Å². The summed E-state index contributed by atoms with van der Waals surface area (Å²) in [4.78, 5) is 31.1. The van der Waals surface area contributed by atoms with Gasteiger partial charge in [-0.25, -0.2) is 4.98 Å². The molecule has 0 spiro atoms. The average Bonchev–Trinajstić information content (AvgIpc) is 2.95. The fourth-order valence-corrected chi connectivity index (χ4v) is 4.40. The fourth-order valence-electron chi connectivity index (χ4n) is 3.34. The number of piperidine rings is 1. The van der Waals surface area contributed by atoms with E-state index >= 15 is 0 Å². The lowest BCUT2D eigenvalue weighted by Gasteiger charge is -2.34. The Bertz CT molecular complexity index is 772. The number of benzene rings is 1. The molecule has 0 radical (unpaired) electrons. The summed E-state index contributed by atoms with van der Waals surface area (Å²) in [5.74, 6) is -1.18. The molecule has 2 aromatic rings. The zero-order valence-electron chi connectivity index (χ0n) is 14.4. The Hall–Kier alpha value is -2.21. The van der Waals surface area contributed by atoms with Crippen molar-refractivity contribution in [3.8, 4) is 0 Å². The van der Waals surface area contributed by atoms with E-state index in [0.717, 1.165) is 17.1 Å². The number of carbonyl (C=O) groups is 2. The number of carbonyl (C=O) groups excluding carboxylic acids is 1. The smallest absolute Gasteiger partial charge is 0.306 e. The molecule has 2 unspecified atom stereocenters. The van der Waals surface area contributed by atoms with Gasteiger partial charge < -0.3 is 10.0 Å². The Labute approximate surface area is 151 Å². The first kappa shape index (κ1) is 17.6. The van der Waals surface area contributed by atoms with Gasteiger partial charge in [0.25, 0.3) is 5.91 Å². The second-order valence-electron chi connectivity index (χ2n) is 6.65. The predicted molar refractivity (Wildman–Crippen MR) is 96.9 cm³/mol. The molecule has 1 saturated heterocycles. The number of amides is 1. The normalized spacial score (nSPS) is 20.5. The van der Waals surface area contributed by atoms with Gasteiger partial charge in [-0.3, -0.25) is 9.59 Å². The summed E-state index contributed by atoms with van der Waals surface area (Å²) in [5.41, 5.74) is 1.93. The number of nitrogens with zero attached hydrogens (tertiary/aromatic N) is 2. The lowest BCUT2D eigenvalue weighted by Crippen LogP contribution is -2.44. The van der Waals surface area contributed by atoms with Crippen molar-refractivity contribution in [1.29, 1.82) is 0 Å². The van der Waals surface area contributed by atoms with Crippen molar-refractivity contribution in [2.75, 3.05) is 13.1 Å². The van der Waals surface area contributed by atoms with E-state index in [9.17, 15) is 14.7 Å². The molecule has 132 valence electrons. The number of carboxylic acid groups (broad SMARTS) is 1. The van der Waals surface area contributed by atoms with Crippen LogP contribution in [0, 0.1) is 18.8 Å². The molecule has 0 aliphatic carbocycles. The number of hydrogen-bond donors (Lipinski definition) is 1. The van der Waals surface area contributed by atoms with Crippen LogP contribution in [0.2, 0.25) is 0 Å². The number of aryl methyl sites for hydroxylation is 1. The Kier molecular flexibility index (Phi) is 5.18. The molecule has 0 bridgehead atoms. The van der Waals surface area contributed by atoms with Gasteiger partial charge in [-0.2, -0.15) is 0 Å². The lowest BCUT2D eigenvalue weighted by atomic mass is 9.87. The molecule has 2 heterocycles. The highest BCUT2D eigenvalue weighted by Gasteiger charge is 2.34. The summed E-state index contributed by atoms with van der Waals surface area (Å²) in [7, 11) is 0. The third-order valence-electron chi connectivity index (χ3n) is 4.74. The molecule has 1 N–H and O–H groups in total. The van der Waals surface area contributed by atoms with Gasteiger partial charge in [0.1, 0.15) is 4.88 Å². The lowest BCUT2D eigenvalue weighted by molar-refractivity contribution is -0.145. The Morgan fingerprint density at radius 2 is 2.04 bits per heavy atom. The summed E-state index contributed by atoms with van der Waals surface area (Å²) in [6, 6.07) is 10.1. The highest BCUT2D eigenvalue weighted by Crippen LogP contribution is 2.27. The molecule has 1 aromatic carbocycles. The molecule has 25 heavy (non-hydrogen) atoms. The van der Waals surface area contributed by atoms with Crippen molar-refractivity contribution < 1.29 is 14.7 Å². The number of hydrogen-bond acceptors (Lipinski definition) is 4. The number of carboxylic acids is 1. The molecule has 0 saturated carbocycles. The number of thiazole rings is 1. The number of aliphatic carboxylic acids is 1. The van der Waals surface area contributed by atoms with Gasteiger partial charge in [-0.15, -0.1) is 11.3 Å². The van der Waals surface area contributed by atoms with E-state index in [4.69, 9.17) is 0 Å². The largest absolute Gasteiger partial charge is 0.481 e. The molecular weight excluding hydrogens is 336 g/mol. The van der Waals surface area contributed by atoms with Crippen LogP contribution in [-0.2, 0) is 11.2 Å². The van der Waals surface area contributed by atoms with Crippen LogP contribution in [0.25, 0.3) is 0 Å². The molecule has 6 heteroatoms. The first-order chi connectivity index (χ1) is 12.0. The maximum Gasteiger partial charge on any atom is 0.306 e. The van der Waals surface area contributed by atoms with E-state index in [1.54, 1.807) is 4.90 Å². The maximum atomic E-state index is 12.9. The zero-order chi connectivity index (χ0) is 18.0. The van der Waals surface area contributed by atoms with Crippen molar-refractivity contribution >= 4 is 23.2 Å². The zero-order valence-corrected chi connectivity index (χ0v) is 15.3. The Morgan fingerprint density at radius 3 is 2.68 bits per heavy atom. The highest BCUT2D eigenvalue weighted by atomic mass is 32.1. The van der Waals surface area contributed by atoms with Gasteiger partial charge >= 0.3 is 5.97 Å². The van der Waals surface area contributed by atoms with E-state index in [0.29, 0.717) is 24.4 Å². The van der Waals surface area contributed by atoms with Crippen molar-refractivity contribution in [2.45, 2.75) is 26.7 Å². The molecular formula is C19H22N2O3S. The van der Waals surface area contributed by atoms with Crippen molar-refractivity contribution in [2.24, 2.45) is 11.8 Å². The molecule has 1 amide bonds. The summed E-state index contributed by atoms with van der Waals surface area (Å²) in [6.07, 6.45) is 1.23. The molecule has 1 aliphatic heterocycles. The van der Waals surface area contributed by atoms with Gasteiger partial charge in [-0.1, -0.05) is 37.3 Å². The van der Waals surface area contributed by atoms with E-state index in [1.165, 1.54) is 16.9 Å². The number of likely N-dealkylation sites (tertiary alicyclic amines) is 1. The van der Waals surface area contributed by atoms with Crippen LogP contribution in [0.4, 0.5) is 0 Å². The van der Waals surface area contributed by atoms with Crippen molar-refractivity contribution in [1.82, 2.24) is 9.88 Å². The van der Waals surface area contributed by atoms with Crippen LogP contribution >= 0.6 is 11.3 Å². The van der Waals surface area contributed by atoms with Crippen LogP contribution in [0.1, 0.15) is 39.3 Å². The molecule has 1 aromatic heterocycles. The van der Waals surface area contributed by atoms with Crippen molar-refractivity contribution in [3.05, 3.63) is 51.5 Å². The minimum absolute atomic E-state index is 0.0231. The van der Waals surface area contributed by atoms with Gasteiger partial charge in [0.05, 0.1) is 16.6 Å². The van der Waals surface area contributed by atoms with Crippen LogP contribution in [0.3, 0.4) is 0 Å². The summed E-state index contributed by atoms with van der Waals surface area (Å²) < 4.78 is 0. The molecule has 2 atom stereocenters. The van der Waals surface area contributed by atoms with Crippen LogP contribution in [0.5, 0.6) is 0 Å². The standard InChI is InChI=1S/C19H22N2O3S/c1-12-11-21(9-8-15(12)19(23)24)18(22)17-13(2)20-16(25-17)10-14-6-4-3-5-7-14/h3-7,12,15H,8-11H2,1-2H3,(H,23,24). The summed E-state index contributed by atoms with van der Waals surface area (Å²) >= 11 is 1.45. The van der Waals surface area contributed by atoms with E-state index < -0.39 is 5.97 Å². The van der Waals surface area contributed by atoms with E-state index in [1.807, 2.05) is 32.0 Å². The third-order valence-corrected chi connectivity index (χ3v) is 5.89. The topological polar surface area (TPSA) is 70.5 Å². The summed E-state index contributed by atoms with van der Waals surface area (Å²) in [5, 5.41) is 10.2. The molecule has 1 aliphatic rings. The molecule has 1 fully saturated rings. The van der Waals surface area contributed by atoms with Gasteiger partial charge in [-0.05, 0) is 24.8 Å². The number of aromatic nitrogens is 1. The van der Waals surface area contributed by atoms with Crippen LogP contribution < -0.4 is 0 Å². The third kappa shape index (κ3) is 3.90. The quantitative estimate of drug-likeness (QED) is 0.911.